The Hall–Kier alpha value is -2.66. The first kappa shape index (κ1) is 15.7. The van der Waals surface area contributed by atoms with Crippen molar-refractivity contribution in [3.63, 3.8) is 0 Å². The molecule has 0 radical (unpaired) electrons. The normalized spacial score (nSPS) is 11.5. The van der Waals surface area contributed by atoms with E-state index in [1.54, 1.807) is 54.6 Å². The maximum atomic E-state index is 12.0. The molecule has 2 aromatic rings. The van der Waals surface area contributed by atoms with Crippen molar-refractivity contribution in [2.75, 3.05) is 6.61 Å². The first-order chi connectivity index (χ1) is 10.6. The fraction of sp³-hybridized carbons (Fsp3) is 0.176. The minimum Gasteiger partial charge on any atom is -0.494 e. The van der Waals surface area contributed by atoms with Crippen molar-refractivity contribution >= 4 is 11.7 Å². The molecule has 0 spiro atoms. The molecular formula is C17H17NO4. The van der Waals surface area contributed by atoms with Gasteiger partial charge in [0, 0.05) is 11.1 Å². The number of ketones is 1. The molecule has 114 valence electrons. The number of amides is 1. The highest BCUT2D eigenvalue weighted by atomic mass is 16.5. The van der Waals surface area contributed by atoms with Gasteiger partial charge in [0.2, 0.25) is 5.78 Å². The summed E-state index contributed by atoms with van der Waals surface area (Å²) < 4.78 is 5.28. The van der Waals surface area contributed by atoms with E-state index in [4.69, 9.17) is 4.74 Å². The van der Waals surface area contributed by atoms with Gasteiger partial charge in [0.1, 0.15) is 5.75 Å². The van der Waals surface area contributed by atoms with Gasteiger partial charge in [-0.05, 0) is 31.2 Å². The minimum absolute atomic E-state index is 0.335. The van der Waals surface area contributed by atoms with Gasteiger partial charge in [-0.1, -0.05) is 30.3 Å². The van der Waals surface area contributed by atoms with Gasteiger partial charge >= 0.3 is 0 Å². The van der Waals surface area contributed by atoms with E-state index in [2.05, 4.69) is 5.32 Å². The summed E-state index contributed by atoms with van der Waals surface area (Å²) in [6.07, 6.45) is -1.58. The zero-order valence-electron chi connectivity index (χ0n) is 12.2. The smallest absolute Gasteiger partial charge is 0.253 e. The number of Topliss-reactive ketones (excluding diaryl/α,β-unsaturated/α-hetero) is 1. The van der Waals surface area contributed by atoms with E-state index in [-0.39, 0.29) is 0 Å². The Morgan fingerprint density at radius 2 is 1.68 bits per heavy atom. The molecule has 1 amide bonds. The van der Waals surface area contributed by atoms with E-state index in [0.717, 1.165) is 0 Å². The fourth-order valence-corrected chi connectivity index (χ4v) is 1.90. The van der Waals surface area contributed by atoms with E-state index >= 15 is 0 Å². The van der Waals surface area contributed by atoms with Crippen LogP contribution in [0.3, 0.4) is 0 Å². The lowest BCUT2D eigenvalue weighted by Crippen LogP contribution is -2.40. The topological polar surface area (TPSA) is 75.6 Å². The predicted molar refractivity (Wildman–Crippen MR) is 81.9 cm³/mol. The Bertz CT molecular complexity index is 637. The lowest BCUT2D eigenvalue weighted by atomic mass is 10.1. The average molecular weight is 299 g/mol. The Morgan fingerprint density at radius 1 is 1.05 bits per heavy atom. The molecule has 5 heteroatoms. The molecule has 2 rings (SSSR count). The fourth-order valence-electron chi connectivity index (χ4n) is 1.90. The van der Waals surface area contributed by atoms with E-state index in [0.29, 0.717) is 23.5 Å². The standard InChI is InChI=1S/C17H17NO4/c1-2-22-14-10-8-13(9-11-14)16(20)18-17(21)15(19)12-6-4-3-5-7-12/h3-11,17,21H,2H2,1H3,(H,18,20). The molecule has 1 unspecified atom stereocenters. The monoisotopic (exact) mass is 299 g/mol. The summed E-state index contributed by atoms with van der Waals surface area (Å²) in [5, 5.41) is 12.1. The van der Waals surface area contributed by atoms with Crippen LogP contribution in [-0.2, 0) is 0 Å². The molecule has 0 saturated heterocycles. The summed E-state index contributed by atoms with van der Waals surface area (Å²) in [6.45, 7) is 2.40. The number of carbonyl (C=O) groups excluding carboxylic acids is 2. The molecule has 2 N–H and O–H groups in total. The van der Waals surface area contributed by atoms with Crippen LogP contribution in [0, 0.1) is 0 Å². The van der Waals surface area contributed by atoms with Gasteiger partial charge in [0.25, 0.3) is 5.91 Å². The van der Waals surface area contributed by atoms with E-state index < -0.39 is 17.9 Å². The molecule has 0 aliphatic rings. The van der Waals surface area contributed by atoms with Crippen LogP contribution in [0.5, 0.6) is 5.75 Å². The number of ether oxygens (including phenoxy) is 1. The maximum absolute atomic E-state index is 12.0. The van der Waals surface area contributed by atoms with Crippen LogP contribution in [0.2, 0.25) is 0 Å². The zero-order valence-corrected chi connectivity index (χ0v) is 12.2. The van der Waals surface area contributed by atoms with Crippen molar-refractivity contribution < 1.29 is 19.4 Å². The molecule has 0 aromatic heterocycles. The number of hydrogen-bond acceptors (Lipinski definition) is 4. The van der Waals surface area contributed by atoms with Crippen LogP contribution >= 0.6 is 0 Å². The number of carbonyl (C=O) groups is 2. The number of rotatable bonds is 6. The van der Waals surface area contributed by atoms with Gasteiger partial charge < -0.3 is 15.2 Å². The van der Waals surface area contributed by atoms with Crippen LogP contribution in [0.4, 0.5) is 0 Å². The second-order valence-electron chi connectivity index (χ2n) is 4.56. The highest BCUT2D eigenvalue weighted by molar-refractivity contribution is 6.03. The lowest BCUT2D eigenvalue weighted by Gasteiger charge is -2.12. The number of nitrogens with one attached hydrogen (secondary N) is 1. The average Bonchev–Trinajstić information content (AvgIpc) is 2.55. The van der Waals surface area contributed by atoms with E-state index in [1.807, 2.05) is 6.92 Å². The van der Waals surface area contributed by atoms with Crippen molar-refractivity contribution in [1.82, 2.24) is 5.32 Å². The van der Waals surface area contributed by atoms with Gasteiger partial charge in [-0.15, -0.1) is 0 Å². The van der Waals surface area contributed by atoms with Crippen molar-refractivity contribution in [2.45, 2.75) is 13.2 Å². The van der Waals surface area contributed by atoms with Crippen LogP contribution in [-0.4, -0.2) is 29.6 Å². The second-order valence-corrected chi connectivity index (χ2v) is 4.56. The SMILES string of the molecule is CCOc1ccc(C(=O)NC(O)C(=O)c2ccccc2)cc1. The van der Waals surface area contributed by atoms with Crippen LogP contribution in [0.1, 0.15) is 27.6 Å². The summed E-state index contributed by atoms with van der Waals surface area (Å²) in [5.74, 6) is -0.431. The molecule has 0 fully saturated rings. The molecule has 1 atom stereocenters. The first-order valence-corrected chi connectivity index (χ1v) is 6.93. The van der Waals surface area contributed by atoms with Crippen LogP contribution < -0.4 is 10.1 Å². The van der Waals surface area contributed by atoms with Crippen molar-refractivity contribution in [3.8, 4) is 5.75 Å². The van der Waals surface area contributed by atoms with Gasteiger partial charge in [-0.2, -0.15) is 0 Å². The third-order valence-corrected chi connectivity index (χ3v) is 3.00. The third-order valence-electron chi connectivity index (χ3n) is 3.00. The summed E-state index contributed by atoms with van der Waals surface area (Å²) in [6, 6.07) is 14.8. The van der Waals surface area contributed by atoms with Gasteiger partial charge in [0.15, 0.2) is 6.23 Å². The largest absolute Gasteiger partial charge is 0.494 e. The van der Waals surface area contributed by atoms with Crippen molar-refractivity contribution in [1.29, 1.82) is 0 Å². The molecule has 0 saturated carbocycles. The van der Waals surface area contributed by atoms with E-state index in [1.165, 1.54) is 0 Å². The molecule has 0 bridgehead atoms. The molecule has 0 aliphatic carbocycles. The summed E-state index contributed by atoms with van der Waals surface area (Å²) in [4.78, 5) is 24.0. The zero-order chi connectivity index (χ0) is 15.9. The Morgan fingerprint density at radius 3 is 2.27 bits per heavy atom. The number of hydrogen-bond donors (Lipinski definition) is 2. The minimum atomic E-state index is -1.58. The molecule has 0 aliphatic heterocycles. The summed E-state index contributed by atoms with van der Waals surface area (Å²) >= 11 is 0. The first-order valence-electron chi connectivity index (χ1n) is 6.93. The predicted octanol–water partition coefficient (Wildman–Crippen LogP) is 2.02. The van der Waals surface area contributed by atoms with Gasteiger partial charge in [0.05, 0.1) is 6.61 Å². The number of benzene rings is 2. The third kappa shape index (κ3) is 3.93. The van der Waals surface area contributed by atoms with Crippen LogP contribution in [0.15, 0.2) is 54.6 Å². The Balaban J connectivity index is 2.00. The van der Waals surface area contributed by atoms with E-state index in [9.17, 15) is 14.7 Å². The van der Waals surface area contributed by atoms with Crippen molar-refractivity contribution in [3.05, 3.63) is 65.7 Å². The molecule has 2 aromatic carbocycles. The lowest BCUT2D eigenvalue weighted by molar-refractivity contribution is 0.0607. The quantitative estimate of drug-likeness (QED) is 0.632. The van der Waals surface area contributed by atoms with Crippen LogP contribution in [0.25, 0.3) is 0 Å². The van der Waals surface area contributed by atoms with Gasteiger partial charge in [-0.25, -0.2) is 0 Å². The van der Waals surface area contributed by atoms with Gasteiger partial charge in [-0.3, -0.25) is 9.59 Å². The Labute approximate surface area is 128 Å². The highest BCUT2D eigenvalue weighted by Gasteiger charge is 2.19. The molecular weight excluding hydrogens is 282 g/mol. The number of aliphatic hydroxyl groups excluding tert-OH is 1. The maximum Gasteiger partial charge on any atom is 0.253 e. The summed E-state index contributed by atoms with van der Waals surface area (Å²) in [7, 11) is 0. The van der Waals surface area contributed by atoms with Crippen molar-refractivity contribution in [2.24, 2.45) is 0 Å². The molecule has 5 nitrogen and oxygen atoms in total. The highest BCUT2D eigenvalue weighted by Crippen LogP contribution is 2.12. The molecule has 0 heterocycles. The Kier molecular flexibility index (Phi) is 5.27. The summed E-state index contributed by atoms with van der Waals surface area (Å²) in [5.41, 5.74) is 0.672. The number of aliphatic hydroxyl groups is 1. The second kappa shape index (κ2) is 7.38. The molecule has 22 heavy (non-hydrogen) atoms.